The van der Waals surface area contributed by atoms with Gasteiger partial charge in [0.2, 0.25) is 0 Å². The van der Waals surface area contributed by atoms with E-state index in [-0.39, 0.29) is 23.8 Å². The number of halogens is 1. The van der Waals surface area contributed by atoms with E-state index in [4.69, 9.17) is 9.72 Å². The number of fused-ring (bicyclic) bond motifs is 1. The van der Waals surface area contributed by atoms with Crippen LogP contribution in [0.1, 0.15) is 43.1 Å². The predicted molar refractivity (Wildman–Crippen MR) is 139 cm³/mol. The van der Waals surface area contributed by atoms with Crippen molar-refractivity contribution in [2.75, 3.05) is 0 Å². The van der Waals surface area contributed by atoms with Crippen LogP contribution in [-0.2, 0) is 6.61 Å². The molecule has 0 N–H and O–H groups in total. The second-order valence-corrected chi connectivity index (χ2v) is 8.97. The Morgan fingerprint density at radius 3 is 2.74 bits per heavy atom. The fraction of sp³-hybridized carbons (Fsp3) is 0.192. The largest absolute Gasteiger partial charge is 0.488 e. The SMILES string of the molecule is CC[C@H](C)c1nc2ccc(Br)cc2c(=O)n1N=Cc1ccccc1OCc1cccc([N+](=O)[O-])c1. The molecule has 178 valence electrons. The summed E-state index contributed by atoms with van der Waals surface area (Å²) in [5.41, 5.74) is 1.71. The van der Waals surface area contributed by atoms with Gasteiger partial charge in [-0.1, -0.05) is 54.0 Å². The molecule has 0 bridgehead atoms. The van der Waals surface area contributed by atoms with Crippen molar-refractivity contribution in [1.29, 1.82) is 0 Å². The highest BCUT2D eigenvalue weighted by atomic mass is 79.9. The molecule has 1 heterocycles. The van der Waals surface area contributed by atoms with Gasteiger partial charge in [0.15, 0.2) is 0 Å². The second-order valence-electron chi connectivity index (χ2n) is 8.06. The number of non-ortho nitro benzene ring substituents is 1. The van der Waals surface area contributed by atoms with E-state index in [1.165, 1.54) is 16.8 Å². The van der Waals surface area contributed by atoms with Gasteiger partial charge in [0.05, 0.1) is 22.0 Å². The minimum atomic E-state index is -0.438. The molecule has 0 aliphatic rings. The molecule has 0 aliphatic heterocycles. The van der Waals surface area contributed by atoms with Crippen LogP contribution >= 0.6 is 15.9 Å². The van der Waals surface area contributed by atoms with Crippen LogP contribution in [0.3, 0.4) is 0 Å². The van der Waals surface area contributed by atoms with Gasteiger partial charge in [-0.15, -0.1) is 0 Å². The van der Waals surface area contributed by atoms with Crippen LogP contribution in [0.5, 0.6) is 5.75 Å². The van der Waals surface area contributed by atoms with Crippen LogP contribution in [0.15, 0.2) is 81.1 Å². The fourth-order valence-electron chi connectivity index (χ4n) is 3.54. The Hall–Kier alpha value is -3.85. The maximum absolute atomic E-state index is 13.3. The average Bonchev–Trinajstić information content (AvgIpc) is 2.87. The number of nitro benzene ring substituents is 1. The molecule has 0 spiro atoms. The molecule has 8 nitrogen and oxygen atoms in total. The van der Waals surface area contributed by atoms with Gasteiger partial charge < -0.3 is 4.74 Å². The number of para-hydroxylation sites is 1. The van der Waals surface area contributed by atoms with E-state index < -0.39 is 4.92 Å². The molecular formula is C26H23BrN4O4. The molecule has 0 saturated carbocycles. The van der Waals surface area contributed by atoms with Gasteiger partial charge in [-0.05, 0) is 42.3 Å². The monoisotopic (exact) mass is 534 g/mol. The lowest BCUT2D eigenvalue weighted by Crippen LogP contribution is -2.23. The molecule has 0 aliphatic carbocycles. The Kier molecular flexibility index (Phi) is 7.36. The van der Waals surface area contributed by atoms with Crippen molar-refractivity contribution in [2.45, 2.75) is 32.8 Å². The van der Waals surface area contributed by atoms with E-state index in [1.54, 1.807) is 30.5 Å². The first-order chi connectivity index (χ1) is 16.9. The Morgan fingerprint density at radius 2 is 1.97 bits per heavy atom. The summed E-state index contributed by atoms with van der Waals surface area (Å²) in [5.74, 6) is 1.14. The van der Waals surface area contributed by atoms with Gasteiger partial charge in [-0.2, -0.15) is 9.78 Å². The second kappa shape index (κ2) is 10.6. The van der Waals surface area contributed by atoms with Gasteiger partial charge in [0.25, 0.3) is 11.2 Å². The lowest BCUT2D eigenvalue weighted by Gasteiger charge is -2.14. The molecule has 1 aromatic heterocycles. The lowest BCUT2D eigenvalue weighted by molar-refractivity contribution is -0.384. The first-order valence-corrected chi connectivity index (χ1v) is 11.9. The smallest absolute Gasteiger partial charge is 0.282 e. The topological polar surface area (TPSA) is 99.6 Å². The number of benzene rings is 3. The van der Waals surface area contributed by atoms with Gasteiger partial charge in [0.1, 0.15) is 18.2 Å². The lowest BCUT2D eigenvalue weighted by atomic mass is 10.1. The van der Waals surface area contributed by atoms with Crippen molar-refractivity contribution >= 4 is 38.7 Å². The Bertz CT molecular complexity index is 1480. The van der Waals surface area contributed by atoms with E-state index in [1.807, 2.05) is 44.2 Å². The number of nitro groups is 1. The van der Waals surface area contributed by atoms with E-state index in [0.717, 1.165) is 10.9 Å². The molecule has 0 unspecified atom stereocenters. The maximum atomic E-state index is 13.3. The molecule has 9 heteroatoms. The molecule has 4 aromatic rings. The molecule has 1 atom stereocenters. The molecule has 0 radical (unpaired) electrons. The highest BCUT2D eigenvalue weighted by Gasteiger charge is 2.16. The first-order valence-electron chi connectivity index (χ1n) is 11.1. The maximum Gasteiger partial charge on any atom is 0.282 e. The third-order valence-corrected chi connectivity index (χ3v) is 6.13. The van der Waals surface area contributed by atoms with Gasteiger partial charge in [-0.25, -0.2) is 4.98 Å². The number of nitrogens with zero attached hydrogens (tertiary/aromatic N) is 4. The standard InChI is InChI=1S/C26H23BrN4O4/c1-3-17(2)25-29-23-12-11-20(27)14-22(23)26(32)30(25)28-15-19-8-4-5-10-24(19)35-16-18-7-6-9-21(13-18)31(33)34/h4-15,17H,3,16H2,1-2H3/t17-/m0/s1. The summed E-state index contributed by atoms with van der Waals surface area (Å²) in [4.78, 5) is 28.7. The zero-order valence-electron chi connectivity index (χ0n) is 19.2. The van der Waals surface area contributed by atoms with Crippen molar-refractivity contribution in [2.24, 2.45) is 5.10 Å². The summed E-state index contributed by atoms with van der Waals surface area (Å²) in [5, 5.41) is 16.0. The zero-order valence-corrected chi connectivity index (χ0v) is 20.8. The first kappa shape index (κ1) is 24.3. The van der Waals surface area contributed by atoms with Crippen LogP contribution in [0, 0.1) is 10.1 Å². The number of hydrogen-bond donors (Lipinski definition) is 0. The third kappa shape index (κ3) is 5.46. The molecule has 0 saturated heterocycles. The molecule has 4 rings (SSSR count). The van der Waals surface area contributed by atoms with E-state index in [0.29, 0.717) is 33.6 Å². The number of aromatic nitrogens is 2. The van der Waals surface area contributed by atoms with Gasteiger partial charge in [0, 0.05) is 28.1 Å². The van der Waals surface area contributed by atoms with E-state index >= 15 is 0 Å². The quantitative estimate of drug-likeness (QED) is 0.156. The minimum Gasteiger partial charge on any atom is -0.488 e. The molecule has 0 fully saturated rings. The summed E-state index contributed by atoms with van der Waals surface area (Å²) in [6.45, 7) is 4.19. The zero-order chi connectivity index (χ0) is 24.9. The third-order valence-electron chi connectivity index (χ3n) is 5.63. The van der Waals surface area contributed by atoms with Crippen LogP contribution in [-0.4, -0.2) is 20.8 Å². The summed E-state index contributed by atoms with van der Waals surface area (Å²) in [7, 11) is 0. The fourth-order valence-corrected chi connectivity index (χ4v) is 3.90. The number of ether oxygens (including phenoxy) is 1. The Labute approximate surface area is 210 Å². The van der Waals surface area contributed by atoms with Gasteiger partial charge >= 0.3 is 0 Å². The molecular weight excluding hydrogens is 512 g/mol. The van der Waals surface area contributed by atoms with E-state index in [9.17, 15) is 14.9 Å². The predicted octanol–water partition coefficient (Wildman–Crippen LogP) is 6.04. The number of hydrogen-bond acceptors (Lipinski definition) is 6. The van der Waals surface area contributed by atoms with Crippen molar-refractivity contribution in [3.8, 4) is 5.75 Å². The summed E-state index contributed by atoms with van der Waals surface area (Å²) in [6, 6.07) is 19.0. The minimum absolute atomic E-state index is 0.00772. The van der Waals surface area contributed by atoms with Gasteiger partial charge in [-0.3, -0.25) is 14.9 Å². The normalized spacial score (nSPS) is 12.2. The van der Waals surface area contributed by atoms with Crippen molar-refractivity contribution in [3.63, 3.8) is 0 Å². The van der Waals surface area contributed by atoms with E-state index in [2.05, 4.69) is 21.0 Å². The van der Waals surface area contributed by atoms with Crippen molar-refractivity contribution in [1.82, 2.24) is 9.66 Å². The van der Waals surface area contributed by atoms with Crippen molar-refractivity contribution in [3.05, 3.63) is 109 Å². The molecule has 0 amide bonds. The highest BCUT2D eigenvalue weighted by molar-refractivity contribution is 9.10. The van der Waals surface area contributed by atoms with Crippen molar-refractivity contribution < 1.29 is 9.66 Å². The summed E-state index contributed by atoms with van der Waals surface area (Å²) >= 11 is 3.42. The highest BCUT2D eigenvalue weighted by Crippen LogP contribution is 2.22. The van der Waals surface area contributed by atoms with Crippen LogP contribution in [0.25, 0.3) is 10.9 Å². The molecule has 3 aromatic carbocycles. The van der Waals surface area contributed by atoms with Crippen LogP contribution in [0.4, 0.5) is 5.69 Å². The summed E-state index contributed by atoms with van der Waals surface area (Å²) < 4.78 is 8.07. The van der Waals surface area contributed by atoms with Crippen LogP contribution in [0.2, 0.25) is 0 Å². The average molecular weight is 535 g/mol. The van der Waals surface area contributed by atoms with Crippen LogP contribution < -0.4 is 10.3 Å². The number of rotatable bonds is 8. The Morgan fingerprint density at radius 1 is 1.17 bits per heavy atom. The molecule has 35 heavy (non-hydrogen) atoms. The summed E-state index contributed by atoms with van der Waals surface area (Å²) in [6.07, 6.45) is 2.37. The Balaban J connectivity index is 1.68.